The van der Waals surface area contributed by atoms with Crippen molar-refractivity contribution in [3.8, 4) is 11.1 Å². The van der Waals surface area contributed by atoms with Crippen LogP contribution in [0.25, 0.3) is 11.1 Å². The van der Waals surface area contributed by atoms with Crippen molar-refractivity contribution in [2.45, 2.75) is 52.3 Å². The van der Waals surface area contributed by atoms with Crippen LogP contribution in [-0.4, -0.2) is 25.8 Å². The second-order valence-electron chi connectivity index (χ2n) is 7.29. The largest absolute Gasteiger partial charge is 0.534 e. The van der Waals surface area contributed by atoms with Crippen molar-refractivity contribution in [3.05, 3.63) is 53.6 Å². The minimum atomic E-state index is -4.93. The molecule has 2 rings (SSSR count). The molecule has 2 aromatic rings. The first-order chi connectivity index (χ1) is 13.6. The molecule has 3 nitrogen and oxygen atoms in total. The fraction of sp³-hybridized carbons (Fsp3) is 0.400. The van der Waals surface area contributed by atoms with E-state index in [4.69, 9.17) is 8.85 Å². The van der Waals surface area contributed by atoms with Crippen LogP contribution in [0.5, 0.6) is 0 Å². The number of hydrogen-bond donors (Lipinski definition) is 1. The monoisotopic (exact) mass is 452 g/mol. The summed E-state index contributed by atoms with van der Waals surface area (Å²) in [6.45, 7) is 6.82. The Hall–Kier alpha value is -1.88. The zero-order valence-corrected chi connectivity index (χ0v) is 17.7. The Morgan fingerprint density at radius 1 is 0.700 bits per heavy atom. The number of benzene rings is 2. The maximum Gasteiger partial charge on any atom is 0.534 e. The lowest BCUT2D eigenvalue weighted by Crippen LogP contribution is -2.56. The quantitative estimate of drug-likeness (QED) is 0.473. The Balaban J connectivity index is 2.51. The molecule has 2 aromatic carbocycles. The van der Waals surface area contributed by atoms with Gasteiger partial charge in [-0.05, 0) is 57.0 Å². The van der Waals surface area contributed by atoms with Crippen LogP contribution in [0.2, 0.25) is 0 Å². The van der Waals surface area contributed by atoms with Gasteiger partial charge in [0.2, 0.25) is 0 Å². The summed E-state index contributed by atoms with van der Waals surface area (Å²) in [5, 5.41) is 0.289. The summed E-state index contributed by atoms with van der Waals surface area (Å²) >= 11 is 0. The molecule has 0 unspecified atom stereocenters. The Labute approximate surface area is 171 Å². The van der Waals surface area contributed by atoms with Gasteiger partial charge in [-0.2, -0.15) is 26.3 Å². The van der Waals surface area contributed by atoms with Crippen molar-refractivity contribution in [3.63, 3.8) is 0 Å². The predicted octanol–water partition coefficient (Wildman–Crippen LogP) is 5.38. The smallest absolute Gasteiger partial charge is 0.386 e. The molecule has 0 atom stereocenters. The molecule has 0 amide bonds. The zero-order valence-electron chi connectivity index (χ0n) is 16.7. The molecule has 0 saturated carbocycles. The fourth-order valence-corrected chi connectivity index (χ4v) is 4.99. The van der Waals surface area contributed by atoms with Crippen molar-refractivity contribution < 1.29 is 40.0 Å². The van der Waals surface area contributed by atoms with E-state index in [1.165, 1.54) is 24.3 Å². The number of rotatable bonds is 6. The molecular weight excluding hydrogens is 430 g/mol. The molecule has 0 saturated heterocycles. The second-order valence-corrected chi connectivity index (χ2v) is 9.50. The summed E-state index contributed by atoms with van der Waals surface area (Å²) in [6.07, 6.45) is -10.6. The van der Waals surface area contributed by atoms with Gasteiger partial charge in [-0.1, -0.05) is 24.3 Å². The van der Waals surface area contributed by atoms with E-state index in [9.17, 15) is 31.1 Å². The molecule has 0 aromatic heterocycles. The van der Waals surface area contributed by atoms with E-state index in [1.807, 2.05) is 0 Å². The summed E-state index contributed by atoms with van der Waals surface area (Å²) in [7, 11) is -3.82. The molecule has 0 aliphatic rings. The first kappa shape index (κ1) is 24.4. The Kier molecular flexibility index (Phi) is 7.07. The highest BCUT2D eigenvalue weighted by molar-refractivity contribution is 6.74. The molecule has 166 valence electrons. The van der Waals surface area contributed by atoms with Gasteiger partial charge in [0.05, 0.1) is 11.1 Å². The molecule has 1 N–H and O–H groups in total. The highest BCUT2D eigenvalue weighted by Gasteiger charge is 2.42. The van der Waals surface area contributed by atoms with Gasteiger partial charge in [-0.15, -0.1) is 0 Å². The highest BCUT2D eigenvalue weighted by atomic mass is 28.4. The summed E-state index contributed by atoms with van der Waals surface area (Å²) in [5.74, 6) is 0. The Bertz CT molecular complexity index is 818. The molecule has 0 radical (unpaired) electrons. The summed E-state index contributed by atoms with van der Waals surface area (Å²) < 4.78 is 89.7. The maximum atomic E-state index is 13.1. The molecule has 0 spiro atoms. The third-order valence-corrected chi connectivity index (χ3v) is 6.61. The van der Waals surface area contributed by atoms with Gasteiger partial charge in [0.25, 0.3) is 0 Å². The van der Waals surface area contributed by atoms with Crippen molar-refractivity contribution in [2.24, 2.45) is 0 Å². The van der Waals surface area contributed by atoms with Crippen molar-refractivity contribution in [1.82, 2.24) is 0 Å². The first-order valence-corrected chi connectivity index (χ1v) is 10.9. The normalized spacial score (nSPS) is 13.4. The van der Waals surface area contributed by atoms with Gasteiger partial charge < -0.3 is 13.6 Å². The minimum Gasteiger partial charge on any atom is -0.386 e. The van der Waals surface area contributed by atoms with Crippen LogP contribution in [0.3, 0.4) is 0 Å². The van der Waals surface area contributed by atoms with Gasteiger partial charge in [-0.3, -0.25) is 0 Å². The van der Waals surface area contributed by atoms with Crippen LogP contribution in [0.1, 0.15) is 38.8 Å². The average molecular weight is 452 g/mol. The van der Waals surface area contributed by atoms with Crippen molar-refractivity contribution in [1.29, 1.82) is 0 Å². The number of alkyl halides is 6. The highest BCUT2D eigenvalue weighted by Crippen LogP contribution is 2.38. The molecule has 0 fully saturated rings. The number of halogens is 6. The topological polar surface area (TPSA) is 38.7 Å². The van der Waals surface area contributed by atoms with Gasteiger partial charge in [-0.25, -0.2) is 0 Å². The lowest BCUT2D eigenvalue weighted by molar-refractivity contribution is -0.143. The summed E-state index contributed by atoms with van der Waals surface area (Å²) in [6, 6.07) is 6.83. The minimum absolute atomic E-state index is 0.0798. The lowest BCUT2D eigenvalue weighted by atomic mass is 9.99. The van der Waals surface area contributed by atoms with E-state index in [0.717, 1.165) is 0 Å². The second kappa shape index (κ2) is 8.70. The third kappa shape index (κ3) is 6.07. The van der Waals surface area contributed by atoms with Gasteiger partial charge in [0, 0.05) is 17.4 Å². The Morgan fingerprint density at radius 3 is 1.43 bits per heavy atom. The Morgan fingerprint density at radius 2 is 1.10 bits per heavy atom. The van der Waals surface area contributed by atoms with E-state index in [2.05, 4.69) is 0 Å². The van der Waals surface area contributed by atoms with Crippen LogP contribution in [0, 0.1) is 0 Å². The van der Waals surface area contributed by atoms with Crippen LogP contribution in [0.4, 0.5) is 26.3 Å². The van der Waals surface area contributed by atoms with Crippen molar-refractivity contribution >= 4 is 14.0 Å². The third-order valence-electron chi connectivity index (χ3n) is 3.96. The zero-order chi connectivity index (χ0) is 22.9. The molecule has 10 heteroatoms. The SMILES string of the molecule is CC(C)O[Si](O)(OC(C)C)c1ccc(-c2cc(C(F)(F)F)cc(C(F)(F)F)c2)cc1. The number of hydrogen-bond acceptors (Lipinski definition) is 3. The maximum absolute atomic E-state index is 13.1. The molecule has 30 heavy (non-hydrogen) atoms. The van der Waals surface area contributed by atoms with Gasteiger partial charge in [0.15, 0.2) is 0 Å². The van der Waals surface area contributed by atoms with E-state index in [-0.39, 0.29) is 34.6 Å². The van der Waals surface area contributed by atoms with E-state index >= 15 is 0 Å². The standard InChI is InChI=1S/C20H22F6O3Si/c1-12(2)28-30(27,29-13(3)4)18-7-5-14(6-8-18)15-9-16(19(21,22)23)11-17(10-15)20(24,25)26/h5-13,27H,1-4H3. The van der Waals surface area contributed by atoms with Crippen LogP contribution in [0.15, 0.2) is 42.5 Å². The first-order valence-electron chi connectivity index (χ1n) is 9.10. The molecule has 0 aliphatic carbocycles. The molecule has 0 bridgehead atoms. The van der Waals surface area contributed by atoms with E-state index in [1.54, 1.807) is 27.7 Å². The van der Waals surface area contributed by atoms with E-state index < -0.39 is 32.3 Å². The molecule has 0 aliphatic heterocycles. The fourth-order valence-electron chi connectivity index (χ4n) is 2.80. The van der Waals surface area contributed by atoms with Gasteiger partial charge >= 0.3 is 21.2 Å². The summed E-state index contributed by atoms with van der Waals surface area (Å²) in [4.78, 5) is 10.9. The van der Waals surface area contributed by atoms with Gasteiger partial charge in [0.1, 0.15) is 0 Å². The van der Waals surface area contributed by atoms with Crippen LogP contribution in [-0.2, 0) is 21.2 Å². The molecular formula is C20H22F6O3Si. The molecule has 0 heterocycles. The lowest BCUT2D eigenvalue weighted by Gasteiger charge is -2.28. The van der Waals surface area contributed by atoms with Crippen molar-refractivity contribution in [2.75, 3.05) is 0 Å². The average Bonchev–Trinajstić information content (AvgIpc) is 2.58. The summed E-state index contributed by atoms with van der Waals surface area (Å²) in [5.41, 5.74) is -2.91. The van der Waals surface area contributed by atoms with E-state index in [0.29, 0.717) is 12.1 Å². The predicted molar refractivity (Wildman–Crippen MR) is 102 cm³/mol. The van der Waals surface area contributed by atoms with Crippen LogP contribution >= 0.6 is 0 Å². The van der Waals surface area contributed by atoms with Crippen LogP contribution < -0.4 is 5.19 Å².